The third kappa shape index (κ3) is 4.21. The van der Waals surface area contributed by atoms with E-state index in [0.717, 1.165) is 42.1 Å². The topological polar surface area (TPSA) is 83.9 Å². The van der Waals surface area contributed by atoms with Crippen LogP contribution in [0.5, 0.6) is 5.75 Å². The number of methoxy groups -OCH3 is 1. The summed E-state index contributed by atoms with van der Waals surface area (Å²) in [6, 6.07) is 9.45. The van der Waals surface area contributed by atoms with Crippen LogP contribution in [0, 0.1) is 0 Å². The summed E-state index contributed by atoms with van der Waals surface area (Å²) >= 11 is 0. The van der Waals surface area contributed by atoms with Crippen molar-refractivity contribution >= 4 is 11.7 Å². The molecule has 1 aromatic carbocycles. The molecule has 0 aliphatic carbocycles. The molecule has 29 heavy (non-hydrogen) atoms. The Morgan fingerprint density at radius 1 is 1.38 bits per heavy atom. The number of hydrogen-bond acceptors (Lipinski definition) is 6. The smallest absolute Gasteiger partial charge is 0.270 e. The molecular formula is C22H27N3O4. The van der Waals surface area contributed by atoms with E-state index in [2.05, 4.69) is 15.2 Å². The number of benzene rings is 1. The van der Waals surface area contributed by atoms with E-state index in [0.29, 0.717) is 25.3 Å². The first-order valence-electron chi connectivity index (χ1n) is 9.98. The molecule has 154 valence electrons. The first-order valence-corrected chi connectivity index (χ1v) is 9.98. The van der Waals surface area contributed by atoms with E-state index in [4.69, 9.17) is 9.47 Å². The largest absolute Gasteiger partial charge is 0.497 e. The highest BCUT2D eigenvalue weighted by atomic mass is 16.5. The average molecular weight is 397 g/mol. The van der Waals surface area contributed by atoms with Crippen LogP contribution < -0.4 is 15.0 Å². The quantitative estimate of drug-likeness (QED) is 0.797. The third-order valence-electron chi connectivity index (χ3n) is 5.68. The van der Waals surface area contributed by atoms with Gasteiger partial charge in [0.15, 0.2) is 0 Å². The molecule has 3 heterocycles. The van der Waals surface area contributed by atoms with Gasteiger partial charge in [0.1, 0.15) is 17.3 Å². The lowest BCUT2D eigenvalue weighted by atomic mass is 9.98. The fraction of sp³-hybridized carbons (Fsp3) is 0.455. The van der Waals surface area contributed by atoms with Gasteiger partial charge in [-0.2, -0.15) is 0 Å². The second kappa shape index (κ2) is 8.39. The number of pyridine rings is 1. The van der Waals surface area contributed by atoms with Crippen LogP contribution in [0.15, 0.2) is 30.3 Å². The highest BCUT2D eigenvalue weighted by Gasteiger charge is 2.28. The lowest BCUT2D eigenvalue weighted by Crippen LogP contribution is -2.49. The van der Waals surface area contributed by atoms with E-state index in [1.54, 1.807) is 7.11 Å². The predicted molar refractivity (Wildman–Crippen MR) is 110 cm³/mol. The van der Waals surface area contributed by atoms with Crippen LogP contribution in [-0.2, 0) is 17.6 Å². The molecule has 1 aromatic heterocycles. The first kappa shape index (κ1) is 19.7. The predicted octanol–water partition coefficient (Wildman–Crippen LogP) is 1.55. The summed E-state index contributed by atoms with van der Waals surface area (Å²) in [6.07, 6.45) is 1.57. The van der Waals surface area contributed by atoms with Gasteiger partial charge < -0.3 is 24.8 Å². The molecule has 1 amide bonds. The zero-order chi connectivity index (χ0) is 20.4. The van der Waals surface area contributed by atoms with Gasteiger partial charge in [-0.3, -0.25) is 4.79 Å². The van der Waals surface area contributed by atoms with Crippen LogP contribution in [0.4, 0.5) is 5.82 Å². The fourth-order valence-corrected chi connectivity index (χ4v) is 3.93. The monoisotopic (exact) mass is 397 g/mol. The number of aromatic nitrogens is 1. The van der Waals surface area contributed by atoms with E-state index in [9.17, 15) is 9.90 Å². The Morgan fingerprint density at radius 3 is 2.90 bits per heavy atom. The van der Waals surface area contributed by atoms with Gasteiger partial charge in [0.05, 0.1) is 25.9 Å². The van der Waals surface area contributed by atoms with Crippen LogP contribution in [0.25, 0.3) is 0 Å². The summed E-state index contributed by atoms with van der Waals surface area (Å²) < 4.78 is 10.6. The van der Waals surface area contributed by atoms with E-state index in [-0.39, 0.29) is 5.91 Å². The number of fused-ring (bicyclic) bond motifs is 1. The Bertz CT molecular complexity index is 884. The Labute approximate surface area is 170 Å². The van der Waals surface area contributed by atoms with Gasteiger partial charge in [-0.05, 0) is 48.6 Å². The molecular weight excluding hydrogens is 370 g/mol. The molecule has 7 nitrogen and oxygen atoms in total. The van der Waals surface area contributed by atoms with E-state index in [1.807, 2.05) is 37.4 Å². The maximum atomic E-state index is 12.9. The molecule has 2 N–H and O–H groups in total. The van der Waals surface area contributed by atoms with Gasteiger partial charge >= 0.3 is 0 Å². The van der Waals surface area contributed by atoms with Crippen molar-refractivity contribution in [2.75, 3.05) is 38.8 Å². The summed E-state index contributed by atoms with van der Waals surface area (Å²) in [5, 5.41) is 13.0. The van der Waals surface area contributed by atoms with Crippen LogP contribution in [0.2, 0.25) is 0 Å². The third-order valence-corrected chi connectivity index (χ3v) is 5.68. The molecule has 4 rings (SSSR count). The van der Waals surface area contributed by atoms with Crippen molar-refractivity contribution in [2.24, 2.45) is 0 Å². The lowest BCUT2D eigenvalue weighted by Gasteiger charge is -2.28. The Hall–Kier alpha value is -2.64. The number of aliphatic hydroxyl groups is 1. The minimum Gasteiger partial charge on any atom is -0.497 e. The van der Waals surface area contributed by atoms with E-state index in [1.165, 1.54) is 5.56 Å². The van der Waals surface area contributed by atoms with Crippen molar-refractivity contribution in [3.05, 3.63) is 52.7 Å². The van der Waals surface area contributed by atoms with Crippen molar-refractivity contribution in [3.63, 3.8) is 0 Å². The minimum absolute atomic E-state index is 0.279. The van der Waals surface area contributed by atoms with Gasteiger partial charge in [0, 0.05) is 25.8 Å². The molecule has 0 spiro atoms. The second-order valence-electron chi connectivity index (χ2n) is 7.68. The maximum Gasteiger partial charge on any atom is 0.270 e. The lowest BCUT2D eigenvalue weighted by molar-refractivity contribution is -0.0140. The minimum atomic E-state index is -0.594. The number of anilines is 1. The Morgan fingerprint density at radius 2 is 2.17 bits per heavy atom. The molecule has 2 aromatic rings. The van der Waals surface area contributed by atoms with Crippen LogP contribution in [0.3, 0.4) is 0 Å². The van der Waals surface area contributed by atoms with Crippen molar-refractivity contribution in [3.8, 4) is 5.75 Å². The van der Waals surface area contributed by atoms with Gasteiger partial charge in [0.25, 0.3) is 5.91 Å². The number of hydrogen-bond donors (Lipinski definition) is 2. The first-order chi connectivity index (χ1) is 14.0. The SMILES string of the molecule is COc1ccc(Cc2cc(C(=O)N[C@@H]3COCC[C@@H]3O)nc3c2CCN3C)cc1. The number of amides is 1. The molecule has 0 bridgehead atoms. The van der Waals surface area contributed by atoms with Gasteiger partial charge in [0.2, 0.25) is 0 Å². The average Bonchev–Trinajstić information content (AvgIpc) is 3.11. The number of ether oxygens (including phenoxy) is 2. The number of rotatable bonds is 5. The van der Waals surface area contributed by atoms with Crippen LogP contribution >= 0.6 is 0 Å². The van der Waals surface area contributed by atoms with Gasteiger partial charge in [-0.25, -0.2) is 4.98 Å². The second-order valence-corrected chi connectivity index (χ2v) is 7.68. The summed E-state index contributed by atoms with van der Waals surface area (Å²) in [4.78, 5) is 19.6. The van der Waals surface area contributed by atoms with Crippen LogP contribution in [-0.4, -0.2) is 62.1 Å². The highest BCUT2D eigenvalue weighted by Crippen LogP contribution is 2.30. The molecule has 7 heteroatoms. The van der Waals surface area contributed by atoms with Crippen LogP contribution in [0.1, 0.15) is 33.6 Å². The van der Waals surface area contributed by atoms with Gasteiger partial charge in [-0.1, -0.05) is 12.1 Å². The molecule has 2 aliphatic rings. The number of nitrogens with one attached hydrogen (secondary N) is 1. The molecule has 0 unspecified atom stereocenters. The molecule has 2 aliphatic heterocycles. The molecule has 0 saturated carbocycles. The van der Waals surface area contributed by atoms with E-state index >= 15 is 0 Å². The Balaban J connectivity index is 1.60. The number of likely N-dealkylation sites (N-methyl/N-ethyl adjacent to an activating group) is 1. The normalized spacial score (nSPS) is 21.0. The number of nitrogens with zero attached hydrogens (tertiary/aromatic N) is 2. The fourth-order valence-electron chi connectivity index (χ4n) is 3.93. The molecule has 1 saturated heterocycles. The molecule has 1 fully saturated rings. The van der Waals surface area contributed by atoms with Crippen molar-refractivity contribution in [1.82, 2.24) is 10.3 Å². The van der Waals surface area contributed by atoms with Gasteiger partial charge in [-0.15, -0.1) is 0 Å². The van der Waals surface area contributed by atoms with Crippen molar-refractivity contribution in [1.29, 1.82) is 0 Å². The molecule has 0 radical (unpaired) electrons. The number of aliphatic hydroxyl groups excluding tert-OH is 1. The zero-order valence-corrected chi connectivity index (χ0v) is 16.9. The maximum absolute atomic E-state index is 12.9. The summed E-state index contributed by atoms with van der Waals surface area (Å²) in [5.41, 5.74) is 3.83. The Kier molecular flexibility index (Phi) is 5.69. The summed E-state index contributed by atoms with van der Waals surface area (Å²) in [6.45, 7) is 1.72. The summed E-state index contributed by atoms with van der Waals surface area (Å²) in [5.74, 6) is 1.40. The highest BCUT2D eigenvalue weighted by molar-refractivity contribution is 5.93. The zero-order valence-electron chi connectivity index (χ0n) is 16.9. The van der Waals surface area contributed by atoms with E-state index < -0.39 is 12.1 Å². The van der Waals surface area contributed by atoms with Crippen molar-refractivity contribution in [2.45, 2.75) is 31.4 Å². The standard InChI is InChI=1S/C22H27N3O4/c1-25-9-7-17-15(11-14-3-5-16(28-2)6-4-14)12-18(23-21(17)25)22(27)24-19-13-29-10-8-20(19)26/h3-6,12,19-20,26H,7-11,13H2,1-2H3,(H,24,27)/t19-,20+/m1/s1. The number of carbonyl (C=O) groups excluding carboxylic acids is 1. The molecule has 2 atom stereocenters. The number of carbonyl (C=O) groups is 1. The summed E-state index contributed by atoms with van der Waals surface area (Å²) in [7, 11) is 3.65. The van der Waals surface area contributed by atoms with Crippen molar-refractivity contribution < 1.29 is 19.4 Å².